The molecule has 0 amide bonds. The van der Waals surface area contributed by atoms with Crippen molar-refractivity contribution in [1.82, 2.24) is 14.8 Å². The van der Waals surface area contributed by atoms with E-state index in [1.165, 1.54) is 6.33 Å². The van der Waals surface area contributed by atoms with E-state index in [0.29, 0.717) is 13.2 Å². The van der Waals surface area contributed by atoms with Crippen LogP contribution in [-0.4, -0.2) is 21.4 Å². The van der Waals surface area contributed by atoms with Crippen molar-refractivity contribution in [3.05, 3.63) is 42.5 Å². The summed E-state index contributed by atoms with van der Waals surface area (Å²) in [7, 11) is 0. The average molecular weight is 312 g/mol. The highest BCUT2D eigenvalue weighted by molar-refractivity contribution is 5.43. The van der Waals surface area contributed by atoms with Gasteiger partial charge in [0.1, 0.15) is 23.8 Å². The second kappa shape index (κ2) is 8.33. The van der Waals surface area contributed by atoms with Gasteiger partial charge < -0.3 is 4.74 Å². The molecule has 5 heteroatoms. The van der Waals surface area contributed by atoms with E-state index in [4.69, 9.17) is 4.74 Å². The molecule has 0 aliphatic carbocycles. The minimum atomic E-state index is -0.658. The van der Waals surface area contributed by atoms with Crippen molar-refractivity contribution in [2.45, 2.75) is 51.5 Å². The van der Waals surface area contributed by atoms with Crippen LogP contribution in [0.2, 0.25) is 0 Å². The number of hydrogen-bond acceptors (Lipinski definition) is 4. The summed E-state index contributed by atoms with van der Waals surface area (Å²) in [5.74, 6) is 0.785. The van der Waals surface area contributed by atoms with Crippen molar-refractivity contribution in [3.63, 3.8) is 0 Å². The minimum Gasteiger partial charge on any atom is -0.494 e. The van der Waals surface area contributed by atoms with Gasteiger partial charge in [-0.05, 0) is 19.4 Å². The first-order valence-electron chi connectivity index (χ1n) is 8.21. The molecule has 0 aliphatic heterocycles. The number of rotatable bonds is 9. The lowest BCUT2D eigenvalue weighted by atomic mass is 9.77. The van der Waals surface area contributed by atoms with Crippen molar-refractivity contribution in [3.8, 4) is 11.8 Å². The predicted molar refractivity (Wildman–Crippen MR) is 89.1 cm³/mol. The molecular weight excluding hydrogens is 288 g/mol. The van der Waals surface area contributed by atoms with Crippen molar-refractivity contribution in [1.29, 1.82) is 5.26 Å². The second-order valence-electron chi connectivity index (χ2n) is 5.67. The van der Waals surface area contributed by atoms with Gasteiger partial charge in [0, 0.05) is 5.56 Å². The SMILES string of the molecule is CCCCCC(C#N)(Cn1cncn1)c1ccccc1OCC. The highest BCUT2D eigenvalue weighted by Gasteiger charge is 2.35. The summed E-state index contributed by atoms with van der Waals surface area (Å²) in [4.78, 5) is 4.00. The fourth-order valence-corrected chi connectivity index (χ4v) is 2.86. The van der Waals surface area contributed by atoms with Crippen LogP contribution in [0.15, 0.2) is 36.9 Å². The lowest BCUT2D eigenvalue weighted by Gasteiger charge is -2.29. The maximum atomic E-state index is 10.1. The summed E-state index contributed by atoms with van der Waals surface area (Å²) in [6.45, 7) is 5.19. The Morgan fingerprint density at radius 3 is 2.74 bits per heavy atom. The Morgan fingerprint density at radius 2 is 2.09 bits per heavy atom. The molecule has 1 aromatic heterocycles. The van der Waals surface area contributed by atoms with Crippen LogP contribution in [0.5, 0.6) is 5.75 Å². The van der Waals surface area contributed by atoms with Crippen LogP contribution in [0.25, 0.3) is 0 Å². The molecule has 0 aliphatic rings. The van der Waals surface area contributed by atoms with E-state index in [0.717, 1.165) is 37.0 Å². The molecule has 0 bridgehead atoms. The summed E-state index contributed by atoms with van der Waals surface area (Å²) in [5.41, 5.74) is 0.283. The van der Waals surface area contributed by atoms with Crippen LogP contribution in [0.4, 0.5) is 0 Å². The number of benzene rings is 1. The molecular formula is C18H24N4O. The highest BCUT2D eigenvalue weighted by Crippen LogP contribution is 2.37. The molecule has 0 radical (unpaired) electrons. The molecule has 1 unspecified atom stereocenters. The zero-order valence-electron chi connectivity index (χ0n) is 13.9. The van der Waals surface area contributed by atoms with E-state index < -0.39 is 5.41 Å². The molecule has 1 heterocycles. The van der Waals surface area contributed by atoms with E-state index in [-0.39, 0.29) is 0 Å². The van der Waals surface area contributed by atoms with E-state index in [9.17, 15) is 5.26 Å². The fraction of sp³-hybridized carbons (Fsp3) is 0.500. The molecule has 0 fully saturated rings. The maximum absolute atomic E-state index is 10.1. The Labute approximate surface area is 137 Å². The van der Waals surface area contributed by atoms with Crippen molar-refractivity contribution in [2.75, 3.05) is 6.61 Å². The number of nitrogens with zero attached hydrogens (tertiary/aromatic N) is 4. The van der Waals surface area contributed by atoms with Crippen LogP contribution in [-0.2, 0) is 12.0 Å². The number of hydrogen-bond donors (Lipinski definition) is 0. The van der Waals surface area contributed by atoms with Gasteiger partial charge in [-0.3, -0.25) is 4.68 Å². The van der Waals surface area contributed by atoms with Crippen molar-refractivity contribution >= 4 is 0 Å². The van der Waals surface area contributed by atoms with E-state index >= 15 is 0 Å². The van der Waals surface area contributed by atoms with Crippen LogP contribution in [0.1, 0.15) is 45.1 Å². The van der Waals surface area contributed by atoms with Crippen LogP contribution in [0, 0.1) is 11.3 Å². The number of nitriles is 1. The van der Waals surface area contributed by atoms with Gasteiger partial charge in [0.25, 0.3) is 0 Å². The van der Waals surface area contributed by atoms with Gasteiger partial charge in [-0.25, -0.2) is 4.98 Å². The van der Waals surface area contributed by atoms with Gasteiger partial charge in [0.2, 0.25) is 0 Å². The summed E-state index contributed by atoms with van der Waals surface area (Å²) >= 11 is 0. The number of para-hydroxylation sites is 1. The third-order valence-electron chi connectivity index (χ3n) is 4.02. The van der Waals surface area contributed by atoms with E-state index in [2.05, 4.69) is 23.1 Å². The summed E-state index contributed by atoms with van der Waals surface area (Å²) in [6.07, 6.45) is 7.17. The third kappa shape index (κ3) is 4.10. The quantitative estimate of drug-likeness (QED) is 0.662. The molecule has 0 saturated heterocycles. The van der Waals surface area contributed by atoms with E-state index in [1.807, 2.05) is 31.2 Å². The van der Waals surface area contributed by atoms with Gasteiger partial charge in [0.05, 0.1) is 19.2 Å². The molecule has 0 spiro atoms. The molecule has 2 rings (SSSR count). The number of aromatic nitrogens is 3. The van der Waals surface area contributed by atoms with Crippen molar-refractivity contribution < 1.29 is 4.74 Å². The molecule has 5 nitrogen and oxygen atoms in total. The van der Waals surface area contributed by atoms with Gasteiger partial charge in [0.15, 0.2) is 0 Å². The maximum Gasteiger partial charge on any atom is 0.137 e. The smallest absolute Gasteiger partial charge is 0.137 e. The molecule has 122 valence electrons. The Morgan fingerprint density at radius 1 is 1.26 bits per heavy atom. The molecule has 0 N–H and O–H groups in total. The number of unbranched alkanes of at least 4 members (excludes halogenated alkanes) is 2. The largest absolute Gasteiger partial charge is 0.494 e. The zero-order chi connectivity index (χ0) is 16.5. The second-order valence-corrected chi connectivity index (χ2v) is 5.67. The first-order chi connectivity index (χ1) is 11.3. The molecule has 1 aromatic carbocycles. The van der Waals surface area contributed by atoms with Crippen LogP contribution < -0.4 is 4.74 Å². The Balaban J connectivity index is 2.41. The van der Waals surface area contributed by atoms with Crippen molar-refractivity contribution in [2.24, 2.45) is 0 Å². The van der Waals surface area contributed by atoms with Crippen LogP contribution >= 0.6 is 0 Å². The summed E-state index contributed by atoms with van der Waals surface area (Å²) in [6, 6.07) is 10.4. The summed E-state index contributed by atoms with van der Waals surface area (Å²) < 4.78 is 7.51. The van der Waals surface area contributed by atoms with Gasteiger partial charge in [-0.1, -0.05) is 44.4 Å². The molecule has 1 atom stereocenters. The minimum absolute atomic E-state index is 0.483. The first kappa shape index (κ1) is 17.0. The van der Waals surface area contributed by atoms with Gasteiger partial charge in [-0.15, -0.1) is 0 Å². The average Bonchev–Trinajstić information content (AvgIpc) is 3.08. The monoisotopic (exact) mass is 312 g/mol. The number of ether oxygens (including phenoxy) is 1. The highest BCUT2D eigenvalue weighted by atomic mass is 16.5. The molecule has 23 heavy (non-hydrogen) atoms. The molecule has 2 aromatic rings. The lowest BCUT2D eigenvalue weighted by Crippen LogP contribution is -2.31. The Kier molecular flexibility index (Phi) is 6.16. The summed E-state index contributed by atoms with van der Waals surface area (Å²) in [5, 5.41) is 14.2. The topological polar surface area (TPSA) is 63.7 Å². The Bertz CT molecular complexity index is 633. The zero-order valence-corrected chi connectivity index (χ0v) is 13.9. The lowest BCUT2D eigenvalue weighted by molar-refractivity contribution is 0.316. The van der Waals surface area contributed by atoms with E-state index in [1.54, 1.807) is 11.0 Å². The third-order valence-corrected chi connectivity index (χ3v) is 4.02. The Hall–Kier alpha value is -2.35. The normalized spacial score (nSPS) is 13.3. The first-order valence-corrected chi connectivity index (χ1v) is 8.21. The van der Waals surface area contributed by atoms with Gasteiger partial charge >= 0.3 is 0 Å². The van der Waals surface area contributed by atoms with Crippen LogP contribution in [0.3, 0.4) is 0 Å². The predicted octanol–water partition coefficient (Wildman–Crippen LogP) is 3.72. The van der Waals surface area contributed by atoms with Gasteiger partial charge in [-0.2, -0.15) is 10.4 Å². The molecule has 0 saturated carbocycles. The fourth-order valence-electron chi connectivity index (χ4n) is 2.86. The standard InChI is InChI=1S/C18H24N4O/c1-3-5-8-11-18(12-19,13-22-15-20-14-21-22)16-9-6-7-10-17(16)23-4-2/h6-7,9-10,14-15H,3-5,8,11,13H2,1-2H3.